The third-order valence-corrected chi connectivity index (χ3v) is 5.52. The average Bonchev–Trinajstić information content (AvgIpc) is 2.70. The Hall–Kier alpha value is -0.910. The molecule has 2 aromatic rings. The maximum atomic E-state index is 10.6. The molecule has 1 heterocycles. The van der Waals surface area contributed by atoms with E-state index >= 15 is 0 Å². The van der Waals surface area contributed by atoms with E-state index in [1.807, 2.05) is 6.92 Å². The normalized spacial score (nSPS) is 12.4. The van der Waals surface area contributed by atoms with Gasteiger partial charge in [-0.15, -0.1) is 22.9 Å². The van der Waals surface area contributed by atoms with Crippen molar-refractivity contribution >= 4 is 44.6 Å². The van der Waals surface area contributed by atoms with Crippen LogP contribution in [0.25, 0.3) is 0 Å². The van der Waals surface area contributed by atoms with Crippen LogP contribution in [0.2, 0.25) is 0 Å². The molecule has 1 atom stereocenters. The molecular weight excluding hydrogens is 350 g/mol. The molecule has 0 amide bonds. The van der Waals surface area contributed by atoms with E-state index in [0.717, 1.165) is 14.2 Å². The molecule has 3 nitrogen and oxygen atoms in total. The standard InChI is InChI=1S/C13H11BrClNO2S/c1-8-6-12(19-13(8)14)11(15)7-9-2-4-10(5-3-9)16(17)18/h2-6,11H,7H2,1H3. The molecule has 0 fully saturated rings. The fourth-order valence-electron chi connectivity index (χ4n) is 1.70. The summed E-state index contributed by atoms with van der Waals surface area (Å²) in [6.07, 6.45) is 0.659. The summed E-state index contributed by atoms with van der Waals surface area (Å²) in [5.41, 5.74) is 2.27. The first-order chi connectivity index (χ1) is 8.97. The zero-order chi connectivity index (χ0) is 14.0. The van der Waals surface area contributed by atoms with Crippen molar-refractivity contribution in [3.63, 3.8) is 0 Å². The number of hydrogen-bond acceptors (Lipinski definition) is 3. The molecule has 2 rings (SSSR count). The number of benzene rings is 1. The fraction of sp³-hybridized carbons (Fsp3) is 0.231. The lowest BCUT2D eigenvalue weighted by atomic mass is 10.1. The van der Waals surface area contributed by atoms with E-state index in [-0.39, 0.29) is 11.1 Å². The summed E-state index contributed by atoms with van der Waals surface area (Å²) >= 11 is 11.5. The molecule has 0 aliphatic rings. The van der Waals surface area contributed by atoms with Crippen LogP contribution in [0.1, 0.15) is 21.4 Å². The SMILES string of the molecule is Cc1cc(C(Cl)Cc2ccc([N+](=O)[O-])cc2)sc1Br. The van der Waals surface area contributed by atoms with Gasteiger partial charge in [-0.05, 0) is 46.5 Å². The number of thiophene rings is 1. The molecule has 0 N–H and O–H groups in total. The van der Waals surface area contributed by atoms with E-state index in [2.05, 4.69) is 22.0 Å². The van der Waals surface area contributed by atoms with E-state index in [1.54, 1.807) is 23.5 Å². The number of nitrogens with zero attached hydrogens (tertiary/aromatic N) is 1. The molecule has 100 valence electrons. The van der Waals surface area contributed by atoms with Crippen molar-refractivity contribution in [3.05, 3.63) is 60.2 Å². The third-order valence-electron chi connectivity index (χ3n) is 2.75. The van der Waals surface area contributed by atoms with Gasteiger partial charge in [0.15, 0.2) is 0 Å². The highest BCUT2D eigenvalue weighted by Gasteiger charge is 2.14. The highest BCUT2D eigenvalue weighted by Crippen LogP contribution is 2.36. The van der Waals surface area contributed by atoms with E-state index in [9.17, 15) is 10.1 Å². The first-order valence-electron chi connectivity index (χ1n) is 5.60. The van der Waals surface area contributed by atoms with Gasteiger partial charge in [-0.2, -0.15) is 0 Å². The first kappa shape index (κ1) is 14.5. The van der Waals surface area contributed by atoms with Crippen molar-refractivity contribution in [1.29, 1.82) is 0 Å². The van der Waals surface area contributed by atoms with Crippen molar-refractivity contribution in [3.8, 4) is 0 Å². The summed E-state index contributed by atoms with van der Waals surface area (Å²) in [4.78, 5) is 11.3. The number of aryl methyl sites for hydroxylation is 1. The second kappa shape index (κ2) is 6.03. The summed E-state index contributed by atoms with van der Waals surface area (Å²) in [5.74, 6) is 0. The molecule has 0 spiro atoms. The first-order valence-corrected chi connectivity index (χ1v) is 7.65. The molecule has 1 unspecified atom stereocenters. The lowest BCUT2D eigenvalue weighted by molar-refractivity contribution is -0.384. The van der Waals surface area contributed by atoms with Gasteiger partial charge in [0.25, 0.3) is 5.69 Å². The summed E-state index contributed by atoms with van der Waals surface area (Å²) < 4.78 is 1.09. The van der Waals surface area contributed by atoms with Gasteiger partial charge in [0, 0.05) is 17.0 Å². The van der Waals surface area contributed by atoms with Crippen LogP contribution in [0.15, 0.2) is 34.1 Å². The molecule has 0 saturated carbocycles. The second-order valence-corrected chi connectivity index (χ2v) is 7.13. The molecule has 6 heteroatoms. The van der Waals surface area contributed by atoms with Gasteiger partial charge in [0.1, 0.15) is 0 Å². The topological polar surface area (TPSA) is 43.1 Å². The number of nitro groups is 1. The van der Waals surface area contributed by atoms with Crippen LogP contribution < -0.4 is 0 Å². The second-order valence-electron chi connectivity index (χ2n) is 4.20. The van der Waals surface area contributed by atoms with Crippen molar-refractivity contribution in [2.24, 2.45) is 0 Å². The van der Waals surface area contributed by atoms with Gasteiger partial charge in [0.2, 0.25) is 0 Å². The number of halogens is 2. The largest absolute Gasteiger partial charge is 0.269 e. The predicted molar refractivity (Wildman–Crippen MR) is 82.2 cm³/mol. The molecule has 0 saturated heterocycles. The van der Waals surface area contributed by atoms with Crippen molar-refractivity contribution in [2.75, 3.05) is 0 Å². The van der Waals surface area contributed by atoms with Crippen LogP contribution in [-0.4, -0.2) is 4.92 Å². The average molecular weight is 361 g/mol. The maximum absolute atomic E-state index is 10.6. The number of alkyl halides is 1. The van der Waals surface area contributed by atoms with E-state index in [1.165, 1.54) is 17.7 Å². The number of nitro benzene ring substituents is 1. The summed E-state index contributed by atoms with van der Waals surface area (Å²) in [6, 6.07) is 8.59. The van der Waals surface area contributed by atoms with E-state index in [0.29, 0.717) is 6.42 Å². The molecule has 1 aromatic carbocycles. The minimum atomic E-state index is -0.401. The van der Waals surface area contributed by atoms with Crippen LogP contribution >= 0.6 is 38.9 Å². The third kappa shape index (κ3) is 3.55. The Bertz CT molecular complexity index is 578. The molecule has 0 aliphatic heterocycles. The van der Waals surface area contributed by atoms with Crippen LogP contribution in [0, 0.1) is 17.0 Å². The van der Waals surface area contributed by atoms with Gasteiger partial charge in [-0.3, -0.25) is 10.1 Å². The Balaban J connectivity index is 2.10. The Morgan fingerprint density at radius 1 is 1.42 bits per heavy atom. The summed E-state index contributed by atoms with van der Waals surface area (Å²) in [7, 11) is 0. The zero-order valence-corrected chi connectivity index (χ0v) is 13.3. The minimum Gasteiger partial charge on any atom is -0.258 e. The summed E-state index contributed by atoms with van der Waals surface area (Å²) in [5, 5.41) is 10.5. The Morgan fingerprint density at radius 3 is 2.53 bits per heavy atom. The van der Waals surface area contributed by atoms with E-state index < -0.39 is 4.92 Å². The van der Waals surface area contributed by atoms with Gasteiger partial charge in [0.05, 0.1) is 14.1 Å². The number of rotatable bonds is 4. The monoisotopic (exact) mass is 359 g/mol. The van der Waals surface area contributed by atoms with Crippen LogP contribution in [0.5, 0.6) is 0 Å². The Labute approximate surface area is 128 Å². The molecule has 0 radical (unpaired) electrons. The highest BCUT2D eigenvalue weighted by atomic mass is 79.9. The number of hydrogen-bond donors (Lipinski definition) is 0. The van der Waals surface area contributed by atoms with Gasteiger partial charge < -0.3 is 0 Å². The predicted octanol–water partition coefficient (Wildman–Crippen LogP) is 5.25. The lowest BCUT2D eigenvalue weighted by Gasteiger charge is -2.06. The number of non-ortho nitro benzene ring substituents is 1. The smallest absolute Gasteiger partial charge is 0.258 e. The fourth-order valence-corrected chi connectivity index (χ4v) is 3.62. The van der Waals surface area contributed by atoms with Crippen molar-refractivity contribution in [2.45, 2.75) is 18.7 Å². The van der Waals surface area contributed by atoms with E-state index in [4.69, 9.17) is 11.6 Å². The van der Waals surface area contributed by atoms with Gasteiger partial charge in [-0.25, -0.2) is 0 Å². The van der Waals surface area contributed by atoms with Crippen molar-refractivity contribution < 1.29 is 4.92 Å². The minimum absolute atomic E-state index is 0.101. The quantitative estimate of drug-likeness (QED) is 0.424. The van der Waals surface area contributed by atoms with Crippen LogP contribution in [0.4, 0.5) is 5.69 Å². The van der Waals surface area contributed by atoms with Crippen molar-refractivity contribution in [1.82, 2.24) is 0 Å². The molecule has 0 aliphatic carbocycles. The molecule has 19 heavy (non-hydrogen) atoms. The van der Waals surface area contributed by atoms with Gasteiger partial charge in [-0.1, -0.05) is 12.1 Å². The summed E-state index contributed by atoms with van der Waals surface area (Å²) in [6.45, 7) is 2.03. The molecule has 1 aromatic heterocycles. The lowest BCUT2D eigenvalue weighted by Crippen LogP contribution is -1.94. The van der Waals surface area contributed by atoms with Crippen LogP contribution in [0.3, 0.4) is 0 Å². The highest BCUT2D eigenvalue weighted by molar-refractivity contribution is 9.11. The maximum Gasteiger partial charge on any atom is 0.269 e. The molecule has 0 bridgehead atoms. The molecular formula is C13H11BrClNO2S. The van der Waals surface area contributed by atoms with Gasteiger partial charge >= 0.3 is 0 Å². The Morgan fingerprint density at radius 2 is 2.05 bits per heavy atom. The zero-order valence-electron chi connectivity index (χ0n) is 10.1. The Kier molecular flexibility index (Phi) is 4.60. The van der Waals surface area contributed by atoms with Crippen LogP contribution in [-0.2, 0) is 6.42 Å².